The van der Waals surface area contributed by atoms with Gasteiger partial charge in [0.15, 0.2) is 12.4 Å². The summed E-state index contributed by atoms with van der Waals surface area (Å²) in [5.74, 6) is -2.30. The van der Waals surface area contributed by atoms with Gasteiger partial charge in [0.05, 0.1) is 6.61 Å². The minimum Gasteiger partial charge on any atom is -0.458 e. The fraction of sp³-hybridized carbons (Fsp3) is 0.568. The average Bonchev–Trinajstić information content (AvgIpc) is 3.01. The molecule has 1 fully saturated rings. The summed E-state index contributed by atoms with van der Waals surface area (Å²) in [6, 6.07) is 14.4. The van der Waals surface area contributed by atoms with Crippen LogP contribution in [0.15, 0.2) is 60.7 Å². The minimum absolute atomic E-state index is 0.0224. The lowest BCUT2D eigenvalue weighted by Crippen LogP contribution is -2.68. The Bertz CT molecular complexity index is 1410. The summed E-state index contributed by atoms with van der Waals surface area (Å²) in [5, 5.41) is 30.5. The van der Waals surface area contributed by atoms with E-state index in [1.54, 1.807) is 90.1 Å². The van der Waals surface area contributed by atoms with E-state index in [4.69, 9.17) is 18.9 Å². The van der Waals surface area contributed by atoms with Gasteiger partial charge < -0.3 is 45.1 Å². The number of hydrogen-bond acceptors (Lipinski definition) is 10. The van der Waals surface area contributed by atoms with Gasteiger partial charge in [-0.05, 0) is 65.0 Å². The molecule has 3 amide bonds. The summed E-state index contributed by atoms with van der Waals surface area (Å²) >= 11 is 0. The number of rotatable bonds is 13. The third kappa shape index (κ3) is 13.0. The zero-order valence-electron chi connectivity index (χ0n) is 30.2. The zero-order chi connectivity index (χ0) is 37.2. The van der Waals surface area contributed by atoms with E-state index in [0.29, 0.717) is 0 Å². The first-order valence-electron chi connectivity index (χ1n) is 16.9. The first kappa shape index (κ1) is 40.4. The molecule has 13 heteroatoms. The second kappa shape index (κ2) is 17.8. The number of carbonyl (C=O) groups excluding carboxylic acids is 4. The SMILES string of the molecule is CC(C)C[C@H](NC(=O)OC(C)(C)C)C(=O)NC1[C@@H](OCc2ccccc2)O[C@H](C(=O)N[C@@H](Cc2ccccc2)C(=O)OC(C)(C)C)[C@H](O)[C@@H]1O. The van der Waals surface area contributed by atoms with Crippen LogP contribution in [0.3, 0.4) is 0 Å². The fourth-order valence-corrected chi connectivity index (χ4v) is 5.22. The molecule has 5 N–H and O–H groups in total. The Morgan fingerprint density at radius 3 is 1.88 bits per heavy atom. The third-order valence-corrected chi connectivity index (χ3v) is 7.43. The molecule has 0 radical (unpaired) electrons. The molecule has 0 spiro atoms. The molecule has 50 heavy (non-hydrogen) atoms. The van der Waals surface area contributed by atoms with E-state index < -0.39 is 77.8 Å². The van der Waals surface area contributed by atoms with Crippen LogP contribution in [0.1, 0.15) is 72.9 Å². The predicted molar refractivity (Wildman–Crippen MR) is 184 cm³/mol. The lowest BCUT2D eigenvalue weighted by molar-refractivity contribution is -0.263. The highest BCUT2D eigenvalue weighted by molar-refractivity contribution is 5.88. The van der Waals surface area contributed by atoms with Gasteiger partial charge in [-0.1, -0.05) is 74.5 Å². The van der Waals surface area contributed by atoms with E-state index in [-0.39, 0.29) is 25.4 Å². The van der Waals surface area contributed by atoms with Gasteiger partial charge in [0.25, 0.3) is 5.91 Å². The van der Waals surface area contributed by atoms with Gasteiger partial charge in [0, 0.05) is 6.42 Å². The van der Waals surface area contributed by atoms with Crippen LogP contribution in [-0.4, -0.2) is 88.0 Å². The van der Waals surface area contributed by atoms with Crippen LogP contribution in [0.4, 0.5) is 4.79 Å². The molecule has 276 valence electrons. The number of esters is 1. The van der Waals surface area contributed by atoms with Crippen molar-refractivity contribution in [3.8, 4) is 0 Å². The van der Waals surface area contributed by atoms with Gasteiger partial charge in [0.1, 0.15) is 41.5 Å². The Balaban J connectivity index is 1.86. The van der Waals surface area contributed by atoms with Crippen molar-refractivity contribution in [1.29, 1.82) is 0 Å². The number of aliphatic hydroxyl groups excluding tert-OH is 2. The highest BCUT2D eigenvalue weighted by Gasteiger charge is 2.49. The molecule has 1 aliphatic rings. The number of nitrogens with one attached hydrogen (secondary N) is 3. The van der Waals surface area contributed by atoms with Crippen molar-refractivity contribution in [1.82, 2.24) is 16.0 Å². The number of benzene rings is 2. The molecule has 0 saturated carbocycles. The van der Waals surface area contributed by atoms with Crippen LogP contribution in [0.5, 0.6) is 0 Å². The molecule has 0 aliphatic carbocycles. The normalized spacial score (nSPS) is 22.2. The van der Waals surface area contributed by atoms with Gasteiger partial charge >= 0.3 is 12.1 Å². The molecule has 1 saturated heterocycles. The first-order chi connectivity index (χ1) is 23.3. The van der Waals surface area contributed by atoms with Gasteiger partial charge in [-0.25, -0.2) is 9.59 Å². The summed E-state index contributed by atoms with van der Waals surface area (Å²) in [5.41, 5.74) is -0.173. The molecule has 1 aliphatic heterocycles. The quantitative estimate of drug-likeness (QED) is 0.195. The van der Waals surface area contributed by atoms with Gasteiger partial charge in [0.2, 0.25) is 5.91 Å². The maximum atomic E-state index is 13.7. The molecule has 0 bridgehead atoms. The number of alkyl carbamates (subject to hydrolysis) is 1. The number of ether oxygens (including phenoxy) is 4. The molecule has 0 aromatic heterocycles. The molecule has 2 aromatic rings. The van der Waals surface area contributed by atoms with Crippen molar-refractivity contribution in [2.45, 2.75) is 129 Å². The molecule has 3 rings (SSSR count). The monoisotopic (exact) mass is 699 g/mol. The number of carbonyl (C=O) groups is 4. The molecule has 1 heterocycles. The summed E-state index contributed by atoms with van der Waals surface area (Å²) in [6.07, 6.45) is -7.25. The van der Waals surface area contributed by atoms with Crippen LogP contribution < -0.4 is 16.0 Å². The molecule has 1 unspecified atom stereocenters. The molecule has 13 nitrogen and oxygen atoms in total. The van der Waals surface area contributed by atoms with Crippen molar-refractivity contribution in [3.05, 3.63) is 71.8 Å². The second-order valence-corrected chi connectivity index (χ2v) is 14.8. The number of aliphatic hydroxyl groups is 2. The summed E-state index contributed by atoms with van der Waals surface area (Å²) < 4.78 is 22.9. The lowest BCUT2D eigenvalue weighted by Gasteiger charge is -2.42. The number of amides is 3. The van der Waals surface area contributed by atoms with Crippen LogP contribution in [0.25, 0.3) is 0 Å². The second-order valence-electron chi connectivity index (χ2n) is 14.8. The largest absolute Gasteiger partial charge is 0.458 e. The Morgan fingerprint density at radius 2 is 1.34 bits per heavy atom. The highest BCUT2D eigenvalue weighted by atomic mass is 16.7. The lowest BCUT2D eigenvalue weighted by atomic mass is 9.94. The molecular formula is C37H53N3O10. The third-order valence-electron chi connectivity index (χ3n) is 7.43. The Labute approximate surface area is 294 Å². The van der Waals surface area contributed by atoms with Crippen molar-refractivity contribution >= 4 is 23.9 Å². The van der Waals surface area contributed by atoms with E-state index >= 15 is 0 Å². The summed E-state index contributed by atoms with van der Waals surface area (Å²) in [6.45, 7) is 13.9. The summed E-state index contributed by atoms with van der Waals surface area (Å²) in [7, 11) is 0. The topological polar surface area (TPSA) is 182 Å². The molecular weight excluding hydrogens is 646 g/mol. The van der Waals surface area contributed by atoms with E-state index in [0.717, 1.165) is 11.1 Å². The first-order valence-corrected chi connectivity index (χ1v) is 16.9. The number of hydrogen-bond donors (Lipinski definition) is 5. The van der Waals surface area contributed by atoms with E-state index in [1.807, 2.05) is 26.0 Å². The van der Waals surface area contributed by atoms with Gasteiger partial charge in [-0.3, -0.25) is 9.59 Å². The molecule has 2 aromatic carbocycles. The highest BCUT2D eigenvalue weighted by Crippen LogP contribution is 2.25. The van der Waals surface area contributed by atoms with Crippen molar-refractivity contribution in [2.75, 3.05) is 0 Å². The van der Waals surface area contributed by atoms with E-state index in [9.17, 15) is 29.4 Å². The summed E-state index contributed by atoms with van der Waals surface area (Å²) in [4.78, 5) is 53.2. The minimum atomic E-state index is -1.85. The van der Waals surface area contributed by atoms with Crippen LogP contribution >= 0.6 is 0 Å². The molecule has 7 atom stereocenters. The Hall–Kier alpha value is -4.04. The van der Waals surface area contributed by atoms with E-state index in [2.05, 4.69) is 16.0 Å². The van der Waals surface area contributed by atoms with Gasteiger partial charge in [-0.15, -0.1) is 0 Å². The predicted octanol–water partition coefficient (Wildman–Crippen LogP) is 3.14. The maximum absolute atomic E-state index is 13.7. The van der Waals surface area contributed by atoms with Crippen LogP contribution in [0, 0.1) is 5.92 Å². The average molecular weight is 700 g/mol. The Kier molecular flexibility index (Phi) is 14.3. The van der Waals surface area contributed by atoms with Crippen molar-refractivity contribution < 1.29 is 48.3 Å². The maximum Gasteiger partial charge on any atom is 0.408 e. The smallest absolute Gasteiger partial charge is 0.408 e. The Morgan fingerprint density at radius 1 is 0.780 bits per heavy atom. The van der Waals surface area contributed by atoms with Crippen molar-refractivity contribution in [2.24, 2.45) is 5.92 Å². The van der Waals surface area contributed by atoms with Gasteiger partial charge in [-0.2, -0.15) is 0 Å². The van der Waals surface area contributed by atoms with Crippen LogP contribution in [0.2, 0.25) is 0 Å². The van der Waals surface area contributed by atoms with E-state index in [1.165, 1.54) is 0 Å². The fourth-order valence-electron chi connectivity index (χ4n) is 5.22. The standard InChI is InChI=1S/C37H53N3O10/c1-22(2)19-25(39-35(46)50-37(6,7)8)31(43)40-27-28(41)29(42)30(48-34(27)47-21-24-17-13-10-14-18-24)32(44)38-26(33(45)49-36(3,4)5)20-23-15-11-9-12-16-23/h9-18,22,25-30,34,41-42H,19-21H2,1-8H3,(H,38,44)(H,39,46)(H,40,43)/t25-,26-,27?,28+,29+,30-,34-/m0/s1. The zero-order valence-corrected chi connectivity index (χ0v) is 30.2. The van der Waals surface area contributed by atoms with Crippen LogP contribution in [-0.2, 0) is 46.4 Å². The van der Waals surface area contributed by atoms with Crippen molar-refractivity contribution in [3.63, 3.8) is 0 Å².